The van der Waals surface area contributed by atoms with Crippen LogP contribution < -0.4 is 5.32 Å². The van der Waals surface area contributed by atoms with E-state index in [0.29, 0.717) is 11.0 Å². The number of hydrogen-bond acceptors (Lipinski definition) is 4. The van der Waals surface area contributed by atoms with Crippen molar-refractivity contribution in [3.8, 4) is 0 Å². The van der Waals surface area contributed by atoms with E-state index in [1.165, 1.54) is 4.57 Å². The van der Waals surface area contributed by atoms with Crippen LogP contribution in [0.2, 0.25) is 0 Å². The number of nitrogens with zero attached hydrogens (tertiary/aromatic N) is 2. The van der Waals surface area contributed by atoms with E-state index in [4.69, 9.17) is 9.84 Å². The third kappa shape index (κ3) is 3.71. The number of carbonyl (C=O) groups excluding carboxylic acids is 1. The number of rotatable bonds is 3. The predicted molar refractivity (Wildman–Crippen MR) is 77.2 cm³/mol. The summed E-state index contributed by atoms with van der Waals surface area (Å²) in [5, 5.41) is 11.5. The topological polar surface area (TPSA) is 93.5 Å². The van der Waals surface area contributed by atoms with E-state index in [9.17, 15) is 9.59 Å². The highest BCUT2D eigenvalue weighted by Crippen LogP contribution is 2.20. The van der Waals surface area contributed by atoms with Crippen LogP contribution in [-0.4, -0.2) is 32.3 Å². The minimum atomic E-state index is -1.02. The number of para-hydroxylation sites is 2. The third-order valence-electron chi connectivity index (χ3n) is 2.56. The van der Waals surface area contributed by atoms with Crippen molar-refractivity contribution >= 4 is 29.0 Å². The molecule has 0 fully saturated rings. The Morgan fingerprint density at radius 2 is 2.00 bits per heavy atom. The highest BCUT2D eigenvalue weighted by atomic mass is 16.6. The van der Waals surface area contributed by atoms with Crippen LogP contribution in [0.5, 0.6) is 0 Å². The number of amides is 1. The summed E-state index contributed by atoms with van der Waals surface area (Å²) < 4.78 is 6.57. The number of fused-ring (bicyclic) bond motifs is 1. The molecule has 0 aliphatic heterocycles. The van der Waals surface area contributed by atoms with E-state index in [2.05, 4.69) is 10.3 Å². The number of aliphatic carboxylic acids is 1. The van der Waals surface area contributed by atoms with Gasteiger partial charge in [0.1, 0.15) is 12.1 Å². The summed E-state index contributed by atoms with van der Waals surface area (Å²) in [5.41, 5.74) is 0.587. The second kappa shape index (κ2) is 5.43. The minimum absolute atomic E-state index is 0.146. The highest BCUT2D eigenvalue weighted by molar-refractivity contribution is 5.88. The largest absolute Gasteiger partial charge is 0.480 e. The van der Waals surface area contributed by atoms with Gasteiger partial charge in [0.15, 0.2) is 0 Å². The Bertz CT molecular complexity index is 685. The second-order valence-corrected chi connectivity index (χ2v) is 5.53. The van der Waals surface area contributed by atoms with Gasteiger partial charge in [-0.2, -0.15) is 0 Å². The molecule has 0 atom stereocenters. The van der Waals surface area contributed by atoms with Crippen LogP contribution in [0.4, 0.5) is 10.7 Å². The SMILES string of the molecule is CC(C)(C)OC(=O)Nc1nc2ccccc2n1CC(=O)O. The average molecular weight is 291 g/mol. The number of carbonyl (C=O) groups is 2. The smallest absolute Gasteiger partial charge is 0.414 e. The first-order chi connectivity index (χ1) is 9.76. The number of nitrogens with one attached hydrogen (secondary N) is 1. The van der Waals surface area contributed by atoms with Crippen molar-refractivity contribution in [1.29, 1.82) is 0 Å². The molecule has 1 amide bonds. The number of carboxylic acid groups (broad SMARTS) is 1. The molecule has 0 saturated heterocycles. The zero-order valence-corrected chi connectivity index (χ0v) is 12.1. The Morgan fingerprint density at radius 1 is 1.33 bits per heavy atom. The number of ether oxygens (including phenoxy) is 1. The average Bonchev–Trinajstić information content (AvgIpc) is 2.64. The Hall–Kier alpha value is -2.57. The van der Waals surface area contributed by atoms with E-state index in [1.807, 2.05) is 0 Å². The fraction of sp³-hybridized carbons (Fsp3) is 0.357. The molecule has 2 rings (SSSR count). The zero-order chi connectivity index (χ0) is 15.6. The number of carboxylic acids is 1. The molecule has 7 heteroatoms. The lowest BCUT2D eigenvalue weighted by Crippen LogP contribution is -2.28. The number of hydrogen-bond donors (Lipinski definition) is 2. The Morgan fingerprint density at radius 3 is 2.62 bits per heavy atom. The maximum atomic E-state index is 11.8. The summed E-state index contributed by atoms with van der Waals surface area (Å²) in [6.07, 6.45) is -0.676. The summed E-state index contributed by atoms with van der Waals surface area (Å²) in [6, 6.07) is 7.05. The first-order valence-electron chi connectivity index (χ1n) is 6.43. The van der Waals surface area contributed by atoms with Gasteiger partial charge in [-0.3, -0.25) is 14.7 Å². The molecule has 1 aromatic heterocycles. The van der Waals surface area contributed by atoms with Crippen LogP contribution in [0.3, 0.4) is 0 Å². The van der Waals surface area contributed by atoms with Crippen molar-refractivity contribution in [2.45, 2.75) is 32.9 Å². The van der Waals surface area contributed by atoms with Crippen molar-refractivity contribution in [1.82, 2.24) is 9.55 Å². The van der Waals surface area contributed by atoms with Crippen LogP contribution in [0.15, 0.2) is 24.3 Å². The van der Waals surface area contributed by atoms with Crippen molar-refractivity contribution in [3.05, 3.63) is 24.3 Å². The lowest BCUT2D eigenvalue weighted by atomic mass is 10.2. The van der Waals surface area contributed by atoms with Crippen LogP contribution in [0, 0.1) is 0 Å². The molecule has 0 saturated carbocycles. The first-order valence-corrected chi connectivity index (χ1v) is 6.43. The van der Waals surface area contributed by atoms with Gasteiger partial charge >= 0.3 is 12.1 Å². The molecular weight excluding hydrogens is 274 g/mol. The van der Waals surface area contributed by atoms with Gasteiger partial charge in [-0.25, -0.2) is 9.78 Å². The molecule has 0 aliphatic rings. The van der Waals surface area contributed by atoms with Crippen molar-refractivity contribution in [3.63, 3.8) is 0 Å². The van der Waals surface area contributed by atoms with Crippen LogP contribution in [0.1, 0.15) is 20.8 Å². The lowest BCUT2D eigenvalue weighted by Gasteiger charge is -2.19. The number of anilines is 1. The standard InChI is InChI=1S/C14H17N3O4/c1-14(2,3)21-13(20)16-12-15-9-6-4-5-7-10(9)17(12)8-11(18)19/h4-7H,8H2,1-3H3,(H,18,19)(H,15,16,20). The maximum absolute atomic E-state index is 11.8. The van der Waals surface area contributed by atoms with E-state index in [1.54, 1.807) is 45.0 Å². The fourth-order valence-electron chi connectivity index (χ4n) is 1.86. The van der Waals surface area contributed by atoms with E-state index in [0.717, 1.165) is 0 Å². The van der Waals surface area contributed by atoms with Crippen LogP contribution >= 0.6 is 0 Å². The molecule has 0 radical (unpaired) electrons. The highest BCUT2D eigenvalue weighted by Gasteiger charge is 2.20. The van der Waals surface area contributed by atoms with Crippen molar-refractivity contribution < 1.29 is 19.4 Å². The van der Waals surface area contributed by atoms with Crippen molar-refractivity contribution in [2.75, 3.05) is 5.32 Å². The third-order valence-corrected chi connectivity index (χ3v) is 2.56. The molecule has 1 aromatic carbocycles. The molecule has 112 valence electrons. The monoisotopic (exact) mass is 291 g/mol. The summed E-state index contributed by atoms with van der Waals surface area (Å²) in [7, 11) is 0. The van der Waals surface area contributed by atoms with Crippen LogP contribution in [0.25, 0.3) is 11.0 Å². The molecule has 0 aliphatic carbocycles. The number of benzene rings is 1. The molecule has 1 heterocycles. The molecule has 7 nitrogen and oxygen atoms in total. The quantitative estimate of drug-likeness (QED) is 0.906. The van der Waals surface area contributed by atoms with Gasteiger partial charge in [0.25, 0.3) is 0 Å². The summed E-state index contributed by atoms with van der Waals surface area (Å²) in [4.78, 5) is 27.0. The molecule has 21 heavy (non-hydrogen) atoms. The van der Waals surface area contributed by atoms with Crippen LogP contribution in [-0.2, 0) is 16.1 Å². The molecule has 0 unspecified atom stereocenters. The Kier molecular flexibility index (Phi) is 3.84. The predicted octanol–water partition coefficient (Wildman–Crippen LogP) is 2.47. The van der Waals surface area contributed by atoms with Gasteiger partial charge in [-0.15, -0.1) is 0 Å². The maximum Gasteiger partial charge on any atom is 0.414 e. The number of aromatic nitrogens is 2. The van der Waals surface area contributed by atoms with Gasteiger partial charge in [0.05, 0.1) is 11.0 Å². The molecule has 0 bridgehead atoms. The molecular formula is C14H17N3O4. The molecule has 2 N–H and O–H groups in total. The van der Waals surface area contributed by atoms with Gasteiger partial charge < -0.3 is 9.84 Å². The van der Waals surface area contributed by atoms with E-state index < -0.39 is 17.7 Å². The second-order valence-electron chi connectivity index (χ2n) is 5.53. The van der Waals surface area contributed by atoms with E-state index >= 15 is 0 Å². The van der Waals surface area contributed by atoms with Gasteiger partial charge in [-0.1, -0.05) is 12.1 Å². The molecule has 2 aromatic rings. The Balaban J connectivity index is 2.34. The summed E-state index contributed by atoms with van der Waals surface area (Å²) in [5.74, 6) is -0.877. The zero-order valence-electron chi connectivity index (χ0n) is 12.1. The summed E-state index contributed by atoms with van der Waals surface area (Å²) >= 11 is 0. The first kappa shape index (κ1) is 14.8. The Labute approximate surface area is 121 Å². The van der Waals surface area contributed by atoms with Crippen molar-refractivity contribution in [2.24, 2.45) is 0 Å². The minimum Gasteiger partial charge on any atom is -0.480 e. The van der Waals surface area contributed by atoms with Gasteiger partial charge in [0, 0.05) is 0 Å². The number of imidazole rings is 1. The van der Waals surface area contributed by atoms with Gasteiger partial charge in [-0.05, 0) is 32.9 Å². The van der Waals surface area contributed by atoms with Gasteiger partial charge in [0.2, 0.25) is 5.95 Å². The molecule has 0 spiro atoms. The normalized spacial score (nSPS) is 11.4. The van der Waals surface area contributed by atoms with E-state index in [-0.39, 0.29) is 12.5 Å². The summed E-state index contributed by atoms with van der Waals surface area (Å²) in [6.45, 7) is 4.93. The lowest BCUT2D eigenvalue weighted by molar-refractivity contribution is -0.137. The fourth-order valence-corrected chi connectivity index (χ4v) is 1.86.